The summed E-state index contributed by atoms with van der Waals surface area (Å²) in [5.41, 5.74) is 0.151. The average Bonchev–Trinajstić information content (AvgIpc) is 2.55. The number of methoxy groups -OCH3 is 1. The largest absolute Gasteiger partial charge is 0.468 e. The van der Waals surface area contributed by atoms with E-state index in [2.05, 4.69) is 10.6 Å². The Morgan fingerprint density at radius 2 is 1.81 bits per heavy atom. The van der Waals surface area contributed by atoms with E-state index >= 15 is 0 Å². The second-order valence-corrected chi connectivity index (χ2v) is 6.59. The molecule has 9 nitrogen and oxygen atoms in total. The Hall–Kier alpha value is -2.68. The SMILES string of the molecule is COC(=O)[C@@H](Cc1ccc([N+](=O)[O-])cc1)NCCNC(=O)OC(C)(C)C. The molecule has 1 rings (SSSR count). The second kappa shape index (κ2) is 9.71. The number of alkyl carbamates (subject to hydrolysis) is 1. The Labute approximate surface area is 152 Å². The molecule has 0 radical (unpaired) electrons. The molecule has 0 spiro atoms. The highest BCUT2D eigenvalue weighted by Crippen LogP contribution is 2.13. The lowest BCUT2D eigenvalue weighted by Crippen LogP contribution is -2.44. The maximum absolute atomic E-state index is 11.9. The highest BCUT2D eigenvalue weighted by atomic mass is 16.6. The highest BCUT2D eigenvalue weighted by Gasteiger charge is 2.20. The van der Waals surface area contributed by atoms with Gasteiger partial charge in [-0.3, -0.25) is 14.9 Å². The molecule has 0 fully saturated rings. The van der Waals surface area contributed by atoms with E-state index in [0.29, 0.717) is 13.0 Å². The molecule has 1 aromatic rings. The quantitative estimate of drug-likeness (QED) is 0.311. The zero-order chi connectivity index (χ0) is 19.7. The number of esters is 1. The number of non-ortho nitro benzene ring substituents is 1. The van der Waals surface area contributed by atoms with Gasteiger partial charge in [0.15, 0.2) is 0 Å². The summed E-state index contributed by atoms with van der Waals surface area (Å²) in [5, 5.41) is 16.3. The molecule has 144 valence electrons. The van der Waals surface area contributed by atoms with E-state index in [1.807, 2.05) is 0 Å². The molecule has 0 aromatic heterocycles. The molecule has 1 amide bonds. The van der Waals surface area contributed by atoms with Crippen molar-refractivity contribution in [3.05, 3.63) is 39.9 Å². The van der Waals surface area contributed by atoms with Gasteiger partial charge in [-0.05, 0) is 32.8 Å². The molecular weight excluding hydrogens is 342 g/mol. The van der Waals surface area contributed by atoms with Gasteiger partial charge in [-0.2, -0.15) is 0 Å². The molecule has 0 saturated heterocycles. The first kappa shape index (κ1) is 21.4. The van der Waals surface area contributed by atoms with Gasteiger partial charge in [0.2, 0.25) is 0 Å². The van der Waals surface area contributed by atoms with Crippen molar-refractivity contribution < 1.29 is 24.0 Å². The number of hydrogen-bond donors (Lipinski definition) is 2. The lowest BCUT2D eigenvalue weighted by Gasteiger charge is -2.20. The number of amides is 1. The van der Waals surface area contributed by atoms with Crippen molar-refractivity contribution >= 4 is 17.7 Å². The number of benzene rings is 1. The lowest BCUT2D eigenvalue weighted by atomic mass is 10.1. The molecule has 9 heteroatoms. The number of hydrogen-bond acceptors (Lipinski definition) is 7. The van der Waals surface area contributed by atoms with Gasteiger partial charge in [-0.15, -0.1) is 0 Å². The van der Waals surface area contributed by atoms with Crippen molar-refractivity contribution in [2.24, 2.45) is 0 Å². The summed E-state index contributed by atoms with van der Waals surface area (Å²) in [6.45, 7) is 5.89. The Kier molecular flexibility index (Phi) is 7.98. The Bertz CT molecular complexity index is 624. The minimum Gasteiger partial charge on any atom is -0.468 e. The first-order valence-electron chi connectivity index (χ1n) is 8.14. The van der Waals surface area contributed by atoms with E-state index in [1.54, 1.807) is 32.9 Å². The molecule has 1 aromatic carbocycles. The van der Waals surface area contributed by atoms with E-state index in [9.17, 15) is 19.7 Å². The molecule has 0 aliphatic carbocycles. The van der Waals surface area contributed by atoms with E-state index in [1.165, 1.54) is 19.2 Å². The average molecular weight is 367 g/mol. The molecule has 0 heterocycles. The Morgan fingerprint density at radius 1 is 1.19 bits per heavy atom. The predicted octanol–water partition coefficient (Wildman–Crippen LogP) is 1.79. The molecule has 1 atom stereocenters. The summed E-state index contributed by atoms with van der Waals surface area (Å²) in [4.78, 5) is 33.7. The second-order valence-electron chi connectivity index (χ2n) is 6.59. The smallest absolute Gasteiger partial charge is 0.407 e. The minimum absolute atomic E-state index is 0.0158. The summed E-state index contributed by atoms with van der Waals surface area (Å²) < 4.78 is 9.88. The molecule has 26 heavy (non-hydrogen) atoms. The minimum atomic E-state index is -0.637. The predicted molar refractivity (Wildman–Crippen MR) is 94.8 cm³/mol. The van der Waals surface area contributed by atoms with Gasteiger partial charge in [-0.1, -0.05) is 12.1 Å². The van der Waals surface area contributed by atoms with Crippen LogP contribution in [0.1, 0.15) is 26.3 Å². The molecule has 2 N–H and O–H groups in total. The summed E-state index contributed by atoms with van der Waals surface area (Å²) in [5.74, 6) is -0.458. The van der Waals surface area contributed by atoms with Gasteiger partial charge in [0.05, 0.1) is 12.0 Å². The van der Waals surface area contributed by atoms with Gasteiger partial charge in [0.1, 0.15) is 11.6 Å². The normalized spacial score (nSPS) is 12.2. The zero-order valence-corrected chi connectivity index (χ0v) is 15.4. The van der Waals surface area contributed by atoms with E-state index in [-0.39, 0.29) is 12.2 Å². The molecule has 0 saturated carbocycles. The number of carbonyl (C=O) groups excluding carboxylic acids is 2. The number of ether oxygens (including phenoxy) is 2. The number of nitro benzene ring substituents is 1. The third-order valence-electron chi connectivity index (χ3n) is 3.26. The maximum Gasteiger partial charge on any atom is 0.407 e. The summed E-state index contributed by atoms with van der Waals surface area (Å²) in [6.07, 6.45) is -0.235. The molecular formula is C17H25N3O6. The van der Waals surface area contributed by atoms with Crippen molar-refractivity contribution in [2.75, 3.05) is 20.2 Å². The van der Waals surface area contributed by atoms with Gasteiger partial charge >= 0.3 is 12.1 Å². The van der Waals surface area contributed by atoms with Crippen molar-refractivity contribution in [3.63, 3.8) is 0 Å². The maximum atomic E-state index is 11.9. The topological polar surface area (TPSA) is 120 Å². The van der Waals surface area contributed by atoms with Crippen LogP contribution in [-0.4, -0.2) is 48.8 Å². The molecule has 0 aliphatic heterocycles. The summed E-state index contributed by atoms with van der Waals surface area (Å²) in [7, 11) is 1.28. The Balaban J connectivity index is 2.53. The van der Waals surface area contributed by atoms with Crippen LogP contribution in [0.4, 0.5) is 10.5 Å². The van der Waals surface area contributed by atoms with Crippen LogP contribution in [0.3, 0.4) is 0 Å². The first-order chi connectivity index (χ1) is 12.1. The molecule has 0 bridgehead atoms. The lowest BCUT2D eigenvalue weighted by molar-refractivity contribution is -0.384. The van der Waals surface area contributed by atoms with Crippen molar-refractivity contribution in [2.45, 2.75) is 38.8 Å². The van der Waals surface area contributed by atoms with E-state index < -0.39 is 28.6 Å². The van der Waals surface area contributed by atoms with Crippen molar-refractivity contribution in [1.82, 2.24) is 10.6 Å². The van der Waals surface area contributed by atoms with E-state index in [0.717, 1.165) is 5.56 Å². The van der Waals surface area contributed by atoms with Crippen LogP contribution < -0.4 is 10.6 Å². The van der Waals surface area contributed by atoms with Crippen LogP contribution in [0.2, 0.25) is 0 Å². The van der Waals surface area contributed by atoms with Crippen LogP contribution in [0.5, 0.6) is 0 Å². The fourth-order valence-electron chi connectivity index (χ4n) is 2.10. The first-order valence-corrected chi connectivity index (χ1v) is 8.14. The summed E-state index contributed by atoms with van der Waals surface area (Å²) in [6, 6.07) is 5.31. The number of nitrogens with zero attached hydrogens (tertiary/aromatic N) is 1. The monoisotopic (exact) mass is 367 g/mol. The van der Waals surface area contributed by atoms with Crippen molar-refractivity contribution in [3.8, 4) is 0 Å². The number of nitro groups is 1. The summed E-state index contributed by atoms with van der Waals surface area (Å²) >= 11 is 0. The third kappa shape index (κ3) is 7.93. The van der Waals surface area contributed by atoms with Crippen LogP contribution in [0.25, 0.3) is 0 Å². The van der Waals surface area contributed by atoms with Crippen LogP contribution >= 0.6 is 0 Å². The fraction of sp³-hybridized carbons (Fsp3) is 0.529. The zero-order valence-electron chi connectivity index (χ0n) is 15.4. The highest BCUT2D eigenvalue weighted by molar-refractivity contribution is 5.76. The standard InChI is InChI=1S/C17H25N3O6/c1-17(2,3)26-16(22)19-10-9-18-14(15(21)25-4)11-12-5-7-13(8-6-12)20(23)24/h5-8,14,18H,9-11H2,1-4H3,(H,19,22)/t14-/m1/s1. The van der Waals surface area contributed by atoms with Crippen LogP contribution in [0, 0.1) is 10.1 Å². The number of nitrogens with one attached hydrogen (secondary N) is 2. The molecule has 0 aliphatic rings. The van der Waals surface area contributed by atoms with Gasteiger partial charge in [0, 0.05) is 25.2 Å². The fourth-order valence-corrected chi connectivity index (χ4v) is 2.10. The van der Waals surface area contributed by atoms with Crippen LogP contribution in [-0.2, 0) is 20.7 Å². The van der Waals surface area contributed by atoms with Gasteiger partial charge in [-0.25, -0.2) is 4.79 Å². The molecule has 0 unspecified atom stereocenters. The third-order valence-corrected chi connectivity index (χ3v) is 3.26. The van der Waals surface area contributed by atoms with Crippen molar-refractivity contribution in [1.29, 1.82) is 0 Å². The van der Waals surface area contributed by atoms with Gasteiger partial charge < -0.3 is 20.1 Å². The van der Waals surface area contributed by atoms with Crippen LogP contribution in [0.15, 0.2) is 24.3 Å². The van der Waals surface area contributed by atoms with E-state index in [4.69, 9.17) is 9.47 Å². The van der Waals surface area contributed by atoms with Gasteiger partial charge in [0.25, 0.3) is 5.69 Å². The number of carbonyl (C=O) groups is 2. The number of rotatable bonds is 8. The Morgan fingerprint density at radius 3 is 2.31 bits per heavy atom.